The summed E-state index contributed by atoms with van der Waals surface area (Å²) in [4.78, 5) is 26.6. The van der Waals surface area contributed by atoms with Crippen molar-refractivity contribution in [3.05, 3.63) is 28.4 Å². The van der Waals surface area contributed by atoms with Crippen LogP contribution in [0.1, 0.15) is 25.5 Å². The van der Waals surface area contributed by atoms with E-state index in [1.807, 2.05) is 6.92 Å². The number of hydrogen-bond donors (Lipinski definition) is 0. The van der Waals surface area contributed by atoms with Crippen molar-refractivity contribution in [3.8, 4) is 0 Å². The van der Waals surface area contributed by atoms with E-state index in [-0.39, 0.29) is 17.9 Å². The fraction of sp³-hybridized carbons (Fsp3) is 0.500. The van der Waals surface area contributed by atoms with Crippen LogP contribution in [0.15, 0.2) is 17.2 Å². The van der Waals surface area contributed by atoms with Crippen LogP contribution in [0.5, 0.6) is 0 Å². The molecular formula is C10H14N2O2. The highest BCUT2D eigenvalue weighted by molar-refractivity contribution is 5.78. The minimum Gasteiger partial charge on any atom is -0.298 e. The van der Waals surface area contributed by atoms with Gasteiger partial charge >= 0.3 is 0 Å². The monoisotopic (exact) mass is 194 g/mol. The number of rotatable bonds is 4. The van der Waals surface area contributed by atoms with E-state index in [2.05, 4.69) is 4.98 Å². The predicted molar refractivity (Wildman–Crippen MR) is 53.1 cm³/mol. The highest BCUT2D eigenvalue weighted by Crippen LogP contribution is 1.92. The zero-order valence-electron chi connectivity index (χ0n) is 8.49. The third kappa shape index (κ3) is 2.80. The fourth-order valence-corrected chi connectivity index (χ4v) is 1.18. The quantitative estimate of drug-likeness (QED) is 0.716. The molecule has 4 nitrogen and oxygen atoms in total. The second-order valence-electron chi connectivity index (χ2n) is 3.29. The van der Waals surface area contributed by atoms with E-state index in [1.165, 1.54) is 17.0 Å². The maximum atomic E-state index is 11.4. The van der Waals surface area contributed by atoms with E-state index >= 15 is 0 Å². The van der Waals surface area contributed by atoms with Crippen LogP contribution in [0.2, 0.25) is 0 Å². The smallest absolute Gasteiger partial charge is 0.253 e. The molecule has 0 unspecified atom stereocenters. The summed E-state index contributed by atoms with van der Waals surface area (Å²) in [6.07, 6.45) is 2.75. The van der Waals surface area contributed by atoms with Gasteiger partial charge in [-0.25, -0.2) is 4.98 Å². The van der Waals surface area contributed by atoms with Gasteiger partial charge in [0.15, 0.2) is 5.78 Å². The third-order valence-corrected chi connectivity index (χ3v) is 1.89. The van der Waals surface area contributed by atoms with Crippen molar-refractivity contribution in [2.24, 2.45) is 0 Å². The van der Waals surface area contributed by atoms with Gasteiger partial charge in [-0.1, -0.05) is 6.92 Å². The minimum absolute atomic E-state index is 0.0697. The van der Waals surface area contributed by atoms with Gasteiger partial charge in [-0.15, -0.1) is 0 Å². The van der Waals surface area contributed by atoms with Gasteiger partial charge in [0.05, 0.1) is 12.9 Å². The van der Waals surface area contributed by atoms with Crippen LogP contribution < -0.4 is 5.56 Å². The fourth-order valence-electron chi connectivity index (χ4n) is 1.18. The molecule has 0 amide bonds. The lowest BCUT2D eigenvalue weighted by Gasteiger charge is -2.03. The molecule has 0 radical (unpaired) electrons. The Morgan fingerprint density at radius 1 is 1.57 bits per heavy atom. The second kappa shape index (κ2) is 4.69. The van der Waals surface area contributed by atoms with Crippen molar-refractivity contribution in [3.63, 3.8) is 0 Å². The molecule has 1 aromatic heterocycles. The zero-order valence-corrected chi connectivity index (χ0v) is 8.49. The van der Waals surface area contributed by atoms with Gasteiger partial charge in [0, 0.05) is 18.2 Å². The molecule has 0 aliphatic carbocycles. The van der Waals surface area contributed by atoms with Crippen LogP contribution in [-0.4, -0.2) is 15.3 Å². The second-order valence-corrected chi connectivity index (χ2v) is 3.29. The maximum Gasteiger partial charge on any atom is 0.253 e. The SMILES string of the molecule is CCCC(=O)Cn1cnc(C)cc1=O. The molecule has 0 fully saturated rings. The molecule has 0 aliphatic heterocycles. The number of ketones is 1. The molecule has 0 N–H and O–H groups in total. The van der Waals surface area contributed by atoms with Gasteiger partial charge in [0.25, 0.3) is 5.56 Å². The van der Waals surface area contributed by atoms with Gasteiger partial charge < -0.3 is 0 Å². The van der Waals surface area contributed by atoms with E-state index < -0.39 is 0 Å². The number of hydrogen-bond acceptors (Lipinski definition) is 3. The van der Waals surface area contributed by atoms with Crippen molar-refractivity contribution in [2.45, 2.75) is 33.2 Å². The Balaban J connectivity index is 2.77. The van der Waals surface area contributed by atoms with Crippen LogP contribution >= 0.6 is 0 Å². The van der Waals surface area contributed by atoms with E-state index in [9.17, 15) is 9.59 Å². The molecule has 1 aromatic rings. The Morgan fingerprint density at radius 2 is 2.29 bits per heavy atom. The Hall–Kier alpha value is -1.45. The van der Waals surface area contributed by atoms with Crippen LogP contribution in [-0.2, 0) is 11.3 Å². The summed E-state index contributed by atoms with van der Waals surface area (Å²) >= 11 is 0. The zero-order chi connectivity index (χ0) is 10.6. The molecule has 4 heteroatoms. The number of carbonyl (C=O) groups is 1. The molecule has 14 heavy (non-hydrogen) atoms. The number of aryl methyl sites for hydroxylation is 1. The Bertz CT molecular complexity index is 382. The summed E-state index contributed by atoms with van der Waals surface area (Å²) in [6, 6.07) is 1.43. The molecule has 0 aliphatic rings. The summed E-state index contributed by atoms with van der Waals surface area (Å²) in [7, 11) is 0. The van der Waals surface area contributed by atoms with E-state index in [4.69, 9.17) is 0 Å². The molecule has 76 valence electrons. The molecule has 0 spiro atoms. The summed E-state index contributed by atoms with van der Waals surface area (Å²) < 4.78 is 1.34. The number of aromatic nitrogens is 2. The summed E-state index contributed by atoms with van der Waals surface area (Å²) in [5.41, 5.74) is 0.510. The largest absolute Gasteiger partial charge is 0.298 e. The molecule has 0 aromatic carbocycles. The standard InChI is InChI=1S/C10H14N2O2/c1-3-4-9(13)6-12-7-11-8(2)5-10(12)14/h5,7H,3-4,6H2,1-2H3. The lowest BCUT2D eigenvalue weighted by atomic mass is 10.2. The lowest BCUT2D eigenvalue weighted by molar-refractivity contribution is -0.119. The summed E-state index contributed by atoms with van der Waals surface area (Å²) in [5.74, 6) is 0.0697. The number of carbonyl (C=O) groups excluding carboxylic acids is 1. The summed E-state index contributed by atoms with van der Waals surface area (Å²) in [5, 5.41) is 0. The first-order valence-electron chi connectivity index (χ1n) is 4.68. The molecular weight excluding hydrogens is 180 g/mol. The minimum atomic E-state index is -0.165. The van der Waals surface area contributed by atoms with Crippen LogP contribution in [0, 0.1) is 6.92 Å². The van der Waals surface area contributed by atoms with Crippen molar-refractivity contribution < 1.29 is 4.79 Å². The van der Waals surface area contributed by atoms with Crippen LogP contribution in [0.3, 0.4) is 0 Å². The highest BCUT2D eigenvalue weighted by atomic mass is 16.1. The highest BCUT2D eigenvalue weighted by Gasteiger charge is 2.03. The molecule has 0 saturated carbocycles. The average Bonchev–Trinajstić information content (AvgIpc) is 2.10. The first-order chi connectivity index (χ1) is 6.63. The van der Waals surface area contributed by atoms with Gasteiger partial charge in [0.2, 0.25) is 0 Å². The van der Waals surface area contributed by atoms with Gasteiger partial charge in [-0.3, -0.25) is 14.2 Å². The number of Topliss-reactive ketones (excluding diaryl/α,β-unsaturated/α-hetero) is 1. The van der Waals surface area contributed by atoms with E-state index in [1.54, 1.807) is 6.92 Å². The first kappa shape index (κ1) is 10.6. The lowest BCUT2D eigenvalue weighted by Crippen LogP contribution is -2.24. The van der Waals surface area contributed by atoms with Crippen molar-refractivity contribution in [2.75, 3.05) is 0 Å². The predicted octanol–water partition coefficient (Wildman–Crippen LogP) is 0.921. The van der Waals surface area contributed by atoms with E-state index in [0.29, 0.717) is 12.1 Å². The average molecular weight is 194 g/mol. The van der Waals surface area contributed by atoms with Crippen LogP contribution in [0.4, 0.5) is 0 Å². The van der Waals surface area contributed by atoms with Gasteiger partial charge in [-0.05, 0) is 13.3 Å². The molecule has 0 saturated heterocycles. The van der Waals surface area contributed by atoms with Crippen LogP contribution in [0.25, 0.3) is 0 Å². The van der Waals surface area contributed by atoms with Crippen molar-refractivity contribution in [1.82, 2.24) is 9.55 Å². The Morgan fingerprint density at radius 3 is 2.86 bits per heavy atom. The summed E-state index contributed by atoms with van der Waals surface area (Å²) in [6.45, 7) is 3.83. The van der Waals surface area contributed by atoms with Gasteiger partial charge in [-0.2, -0.15) is 0 Å². The number of nitrogens with zero attached hydrogens (tertiary/aromatic N) is 2. The molecule has 1 rings (SSSR count). The Kier molecular flexibility index (Phi) is 3.56. The van der Waals surface area contributed by atoms with E-state index in [0.717, 1.165) is 6.42 Å². The van der Waals surface area contributed by atoms with Crippen molar-refractivity contribution >= 4 is 5.78 Å². The van der Waals surface area contributed by atoms with Crippen molar-refractivity contribution in [1.29, 1.82) is 0 Å². The van der Waals surface area contributed by atoms with Gasteiger partial charge in [0.1, 0.15) is 0 Å². The Labute approximate surface area is 82.6 Å². The molecule has 0 bridgehead atoms. The first-order valence-corrected chi connectivity index (χ1v) is 4.68. The topological polar surface area (TPSA) is 52.0 Å². The normalized spacial score (nSPS) is 10.1. The molecule has 1 heterocycles. The molecule has 0 atom stereocenters. The maximum absolute atomic E-state index is 11.4. The third-order valence-electron chi connectivity index (χ3n) is 1.89.